The Hall–Kier alpha value is -1.36. The van der Waals surface area contributed by atoms with Gasteiger partial charge in [0.25, 0.3) is 0 Å². The van der Waals surface area contributed by atoms with Crippen LogP contribution in [-0.4, -0.2) is 36.0 Å². The Kier molecular flexibility index (Phi) is 5.46. The molecule has 1 aromatic carbocycles. The normalized spacial score (nSPS) is 17.4. The minimum atomic E-state index is -4.71. The van der Waals surface area contributed by atoms with Gasteiger partial charge in [0, 0.05) is 24.0 Å². The number of rotatable bonds is 3. The number of alkyl halides is 3. The third-order valence-electron chi connectivity index (χ3n) is 4.32. The Labute approximate surface area is 163 Å². The van der Waals surface area contributed by atoms with Crippen LogP contribution in [-0.2, 0) is 16.2 Å². The fraction of sp³-hybridized carbons (Fsp3) is 0.467. The van der Waals surface area contributed by atoms with Crippen molar-refractivity contribution in [3.8, 4) is 0 Å². The Balaban J connectivity index is 1.75. The van der Waals surface area contributed by atoms with Crippen molar-refractivity contribution in [3.63, 3.8) is 0 Å². The van der Waals surface area contributed by atoms with Crippen molar-refractivity contribution in [1.29, 1.82) is 0 Å². The van der Waals surface area contributed by atoms with E-state index >= 15 is 0 Å². The molecule has 1 aliphatic heterocycles. The molecule has 1 fully saturated rings. The van der Waals surface area contributed by atoms with Gasteiger partial charge < -0.3 is 4.42 Å². The second kappa shape index (κ2) is 7.23. The highest BCUT2D eigenvalue weighted by atomic mass is 35.5. The standard InChI is InChI=1S/C15H14Cl2F3N3O3S/c1-8-6-12(11(17)7-10(8)16)27(24,25)23-4-2-9(3-5-23)13-21-22-14(26-13)15(18,19)20/h6-7,9H,2-5H2,1H3. The summed E-state index contributed by atoms with van der Waals surface area (Å²) in [5.41, 5.74) is 0.570. The van der Waals surface area contributed by atoms with E-state index in [1.54, 1.807) is 6.92 Å². The van der Waals surface area contributed by atoms with Crippen molar-refractivity contribution in [2.45, 2.75) is 36.8 Å². The molecule has 27 heavy (non-hydrogen) atoms. The lowest BCUT2D eigenvalue weighted by molar-refractivity contribution is -0.157. The molecule has 2 heterocycles. The molecule has 148 valence electrons. The third kappa shape index (κ3) is 4.08. The summed E-state index contributed by atoms with van der Waals surface area (Å²) in [6.07, 6.45) is -4.20. The van der Waals surface area contributed by atoms with Crippen molar-refractivity contribution in [2.24, 2.45) is 0 Å². The zero-order valence-corrected chi connectivity index (χ0v) is 16.3. The summed E-state index contributed by atoms with van der Waals surface area (Å²) in [5, 5.41) is 6.82. The van der Waals surface area contributed by atoms with Gasteiger partial charge >= 0.3 is 12.1 Å². The molecule has 2 aromatic rings. The first-order valence-corrected chi connectivity index (χ1v) is 10.1. The van der Waals surface area contributed by atoms with Gasteiger partial charge in [0.2, 0.25) is 15.9 Å². The molecule has 0 atom stereocenters. The maximum absolute atomic E-state index is 12.8. The van der Waals surface area contributed by atoms with Crippen LogP contribution in [0.4, 0.5) is 13.2 Å². The summed E-state index contributed by atoms with van der Waals surface area (Å²) in [7, 11) is -3.86. The van der Waals surface area contributed by atoms with Crippen molar-refractivity contribution < 1.29 is 26.0 Å². The number of benzene rings is 1. The SMILES string of the molecule is Cc1cc(S(=O)(=O)N2CCC(c3nnc(C(F)(F)F)o3)CC2)c(Cl)cc1Cl. The molecule has 1 saturated heterocycles. The smallest absolute Gasteiger partial charge is 0.417 e. The first kappa shape index (κ1) is 20.4. The Morgan fingerprint density at radius 2 is 1.78 bits per heavy atom. The number of halogens is 5. The van der Waals surface area contributed by atoms with Gasteiger partial charge in [-0.15, -0.1) is 10.2 Å². The van der Waals surface area contributed by atoms with Crippen LogP contribution in [0.25, 0.3) is 0 Å². The minimum Gasteiger partial charge on any atom is -0.417 e. The molecule has 0 saturated carbocycles. The maximum atomic E-state index is 12.8. The quantitative estimate of drug-likeness (QED) is 0.707. The summed E-state index contributed by atoms with van der Waals surface area (Å²) in [6, 6.07) is 2.77. The van der Waals surface area contributed by atoms with Crippen LogP contribution < -0.4 is 0 Å². The van der Waals surface area contributed by atoms with E-state index < -0.39 is 28.0 Å². The van der Waals surface area contributed by atoms with Crippen LogP contribution in [0.1, 0.15) is 36.1 Å². The van der Waals surface area contributed by atoms with Crippen LogP contribution in [0, 0.1) is 6.92 Å². The molecule has 0 unspecified atom stereocenters. The Morgan fingerprint density at radius 3 is 2.33 bits per heavy atom. The van der Waals surface area contributed by atoms with Crippen LogP contribution in [0.15, 0.2) is 21.4 Å². The number of sulfonamides is 1. The molecule has 3 rings (SSSR count). The maximum Gasteiger partial charge on any atom is 0.470 e. The van der Waals surface area contributed by atoms with Gasteiger partial charge in [-0.1, -0.05) is 23.2 Å². The molecule has 0 bridgehead atoms. The first-order valence-electron chi connectivity index (χ1n) is 7.86. The van der Waals surface area contributed by atoms with Gasteiger partial charge in [-0.25, -0.2) is 8.42 Å². The summed E-state index contributed by atoms with van der Waals surface area (Å²) >= 11 is 12.0. The lowest BCUT2D eigenvalue weighted by Crippen LogP contribution is -2.38. The van der Waals surface area contributed by atoms with Crippen LogP contribution in [0.5, 0.6) is 0 Å². The molecule has 0 N–H and O–H groups in total. The summed E-state index contributed by atoms with van der Waals surface area (Å²) in [5.74, 6) is -1.99. The molecule has 12 heteroatoms. The number of aryl methyl sites for hydroxylation is 1. The van der Waals surface area contributed by atoms with Gasteiger partial charge in [0.15, 0.2) is 0 Å². The van der Waals surface area contributed by atoms with Gasteiger partial charge in [0.05, 0.1) is 5.02 Å². The molecule has 0 radical (unpaired) electrons. The van der Waals surface area contributed by atoms with Gasteiger partial charge in [-0.05, 0) is 37.5 Å². The van der Waals surface area contributed by atoms with Crippen LogP contribution in [0.2, 0.25) is 10.0 Å². The Bertz CT molecular complexity index is 955. The highest BCUT2D eigenvalue weighted by Gasteiger charge is 2.40. The fourth-order valence-corrected chi connectivity index (χ4v) is 5.10. The Morgan fingerprint density at radius 1 is 1.15 bits per heavy atom. The number of aromatic nitrogens is 2. The molecule has 6 nitrogen and oxygen atoms in total. The molecule has 1 aromatic heterocycles. The topological polar surface area (TPSA) is 76.3 Å². The molecule has 1 aliphatic rings. The van der Waals surface area contributed by atoms with E-state index in [-0.39, 0.29) is 41.7 Å². The molecular formula is C15H14Cl2F3N3O3S. The predicted molar refractivity (Wildman–Crippen MR) is 91.2 cm³/mol. The zero-order valence-electron chi connectivity index (χ0n) is 13.9. The monoisotopic (exact) mass is 443 g/mol. The van der Waals surface area contributed by atoms with Crippen molar-refractivity contribution >= 4 is 33.2 Å². The summed E-state index contributed by atoms with van der Waals surface area (Å²) < 4.78 is 69.3. The number of piperidine rings is 1. The largest absolute Gasteiger partial charge is 0.470 e. The average molecular weight is 444 g/mol. The molecular weight excluding hydrogens is 430 g/mol. The first-order chi connectivity index (χ1) is 12.5. The van der Waals surface area contributed by atoms with E-state index in [0.717, 1.165) is 0 Å². The summed E-state index contributed by atoms with van der Waals surface area (Å²) in [6.45, 7) is 1.85. The van der Waals surface area contributed by atoms with Gasteiger partial charge in [-0.3, -0.25) is 0 Å². The lowest BCUT2D eigenvalue weighted by atomic mass is 9.98. The van der Waals surface area contributed by atoms with Crippen molar-refractivity contribution in [1.82, 2.24) is 14.5 Å². The highest BCUT2D eigenvalue weighted by molar-refractivity contribution is 7.89. The fourth-order valence-electron chi connectivity index (χ4n) is 2.82. The minimum absolute atomic E-state index is 0.0134. The highest BCUT2D eigenvalue weighted by Crippen LogP contribution is 2.35. The van der Waals surface area contributed by atoms with E-state index in [1.807, 2.05) is 0 Å². The lowest BCUT2D eigenvalue weighted by Gasteiger charge is -2.30. The molecule has 0 amide bonds. The second-order valence-corrected chi connectivity index (χ2v) is 8.87. The number of nitrogens with zero attached hydrogens (tertiary/aromatic N) is 3. The number of hydrogen-bond acceptors (Lipinski definition) is 5. The van der Waals surface area contributed by atoms with E-state index in [9.17, 15) is 21.6 Å². The van der Waals surface area contributed by atoms with Gasteiger partial charge in [-0.2, -0.15) is 17.5 Å². The van der Waals surface area contributed by atoms with Crippen molar-refractivity contribution in [3.05, 3.63) is 39.5 Å². The zero-order chi connectivity index (χ0) is 20.0. The van der Waals surface area contributed by atoms with E-state index in [1.165, 1.54) is 16.4 Å². The predicted octanol–water partition coefficient (Wildman–Crippen LogP) is 4.27. The van der Waals surface area contributed by atoms with E-state index in [0.29, 0.717) is 10.6 Å². The van der Waals surface area contributed by atoms with E-state index in [2.05, 4.69) is 10.2 Å². The number of hydrogen-bond donors (Lipinski definition) is 0. The molecule has 0 aliphatic carbocycles. The van der Waals surface area contributed by atoms with Gasteiger partial charge in [0.1, 0.15) is 4.90 Å². The van der Waals surface area contributed by atoms with Crippen LogP contribution in [0.3, 0.4) is 0 Å². The molecule has 0 spiro atoms. The van der Waals surface area contributed by atoms with Crippen molar-refractivity contribution in [2.75, 3.05) is 13.1 Å². The average Bonchev–Trinajstić information content (AvgIpc) is 3.08. The summed E-state index contributed by atoms with van der Waals surface area (Å²) in [4.78, 5) is -0.0540. The third-order valence-corrected chi connectivity index (χ3v) is 7.09. The van der Waals surface area contributed by atoms with Crippen LogP contribution >= 0.6 is 23.2 Å². The second-order valence-electron chi connectivity index (χ2n) is 6.15. The van der Waals surface area contributed by atoms with E-state index in [4.69, 9.17) is 27.6 Å².